The van der Waals surface area contributed by atoms with Crippen molar-refractivity contribution in [3.63, 3.8) is 0 Å². The van der Waals surface area contributed by atoms with Crippen molar-refractivity contribution in [2.45, 2.75) is 30.5 Å². The van der Waals surface area contributed by atoms with Gasteiger partial charge in [-0.1, -0.05) is 35.2 Å². The van der Waals surface area contributed by atoms with E-state index in [1.807, 2.05) is 0 Å². The van der Waals surface area contributed by atoms with Gasteiger partial charge in [0.1, 0.15) is 17.4 Å². The van der Waals surface area contributed by atoms with Crippen molar-refractivity contribution in [2.75, 3.05) is 7.11 Å². The molecule has 94 valence electrons. The Morgan fingerprint density at radius 1 is 1.35 bits per heavy atom. The van der Waals surface area contributed by atoms with Crippen molar-refractivity contribution in [1.29, 1.82) is 0 Å². The number of rotatable bonds is 4. The third-order valence-electron chi connectivity index (χ3n) is 3.37. The maximum Gasteiger partial charge on any atom is 0.134 e. The van der Waals surface area contributed by atoms with E-state index in [-0.39, 0.29) is 16.1 Å². The highest BCUT2D eigenvalue weighted by Gasteiger charge is 2.25. The Hall–Kier alpha value is -0.640. The van der Waals surface area contributed by atoms with Crippen LogP contribution in [0.4, 0.5) is 8.78 Å². The molecule has 0 heterocycles. The molecule has 4 heteroatoms. The van der Waals surface area contributed by atoms with Gasteiger partial charge in [0.15, 0.2) is 0 Å². The molecule has 1 saturated carbocycles. The van der Waals surface area contributed by atoms with Crippen LogP contribution in [-0.4, -0.2) is 7.11 Å². The number of hydrogen-bond acceptors (Lipinski definition) is 1. The summed E-state index contributed by atoms with van der Waals surface area (Å²) in [6.45, 7) is 0. The highest BCUT2D eigenvalue weighted by Crippen LogP contribution is 2.40. The molecule has 0 aliphatic heterocycles. The Bertz CT molecular complexity index is 381. The van der Waals surface area contributed by atoms with Crippen LogP contribution in [0.1, 0.15) is 36.1 Å². The highest BCUT2D eigenvalue weighted by atomic mass is 79.9. The molecule has 0 radical (unpaired) electrons. The summed E-state index contributed by atoms with van der Waals surface area (Å²) in [5.74, 6) is -0.265. The molecule has 0 N–H and O–H groups in total. The Morgan fingerprint density at radius 3 is 2.35 bits per heavy atom. The van der Waals surface area contributed by atoms with Gasteiger partial charge < -0.3 is 4.74 Å². The Kier molecular flexibility index (Phi) is 4.02. The second-order valence-corrected chi connectivity index (χ2v) is 5.61. The summed E-state index contributed by atoms with van der Waals surface area (Å²) in [7, 11) is 1.40. The van der Waals surface area contributed by atoms with Crippen molar-refractivity contribution >= 4 is 15.9 Å². The van der Waals surface area contributed by atoms with Crippen LogP contribution in [-0.2, 0) is 0 Å². The normalized spacial score (nSPS) is 17.6. The van der Waals surface area contributed by atoms with Gasteiger partial charge in [-0.2, -0.15) is 0 Å². The lowest BCUT2D eigenvalue weighted by atomic mass is 9.81. The topological polar surface area (TPSA) is 9.23 Å². The monoisotopic (exact) mass is 304 g/mol. The molecule has 17 heavy (non-hydrogen) atoms. The van der Waals surface area contributed by atoms with Crippen LogP contribution < -0.4 is 4.74 Å². The number of benzene rings is 1. The van der Waals surface area contributed by atoms with Crippen molar-refractivity contribution in [2.24, 2.45) is 5.92 Å². The van der Waals surface area contributed by atoms with Gasteiger partial charge in [-0.05, 0) is 12.3 Å². The standard InChI is InChI=1S/C13H15BrF2O/c1-17-9-6-11(15)13(12(16)7-9)10(14)5-8-3-2-4-8/h6-8,10H,2-5H2,1H3. The number of methoxy groups -OCH3 is 1. The molecule has 0 saturated heterocycles. The second-order valence-electron chi connectivity index (χ2n) is 4.50. The first-order valence-corrected chi connectivity index (χ1v) is 6.70. The molecule has 0 amide bonds. The first-order valence-electron chi connectivity index (χ1n) is 5.78. The van der Waals surface area contributed by atoms with Gasteiger partial charge in [0.2, 0.25) is 0 Å². The summed E-state index contributed by atoms with van der Waals surface area (Å²) < 4.78 is 32.4. The zero-order chi connectivity index (χ0) is 12.4. The molecule has 1 aliphatic rings. The van der Waals surface area contributed by atoms with Crippen LogP contribution in [0, 0.1) is 17.6 Å². The van der Waals surface area contributed by atoms with Gasteiger partial charge in [-0.25, -0.2) is 8.78 Å². The minimum absolute atomic E-state index is 0.123. The smallest absolute Gasteiger partial charge is 0.134 e. The molecule has 2 rings (SSSR count). The lowest BCUT2D eigenvalue weighted by Crippen LogP contribution is -2.14. The van der Waals surface area contributed by atoms with E-state index in [4.69, 9.17) is 4.74 Å². The van der Waals surface area contributed by atoms with E-state index in [1.165, 1.54) is 38.5 Å². The van der Waals surface area contributed by atoms with Crippen molar-refractivity contribution < 1.29 is 13.5 Å². The third-order valence-corrected chi connectivity index (χ3v) is 4.20. The van der Waals surface area contributed by atoms with Gasteiger partial charge in [0.25, 0.3) is 0 Å². The molecule has 1 atom stereocenters. The minimum atomic E-state index is -0.539. The molecular weight excluding hydrogens is 290 g/mol. The lowest BCUT2D eigenvalue weighted by Gasteiger charge is -2.27. The van der Waals surface area contributed by atoms with E-state index >= 15 is 0 Å². The van der Waals surface area contributed by atoms with Gasteiger partial charge in [-0.3, -0.25) is 0 Å². The summed E-state index contributed by atoms with van der Waals surface area (Å²) in [5, 5.41) is 0. The van der Waals surface area contributed by atoms with Gasteiger partial charge in [0, 0.05) is 22.5 Å². The van der Waals surface area contributed by atoms with Crippen LogP contribution in [0.15, 0.2) is 12.1 Å². The lowest BCUT2D eigenvalue weighted by molar-refractivity contribution is 0.293. The molecule has 1 fully saturated rings. The first kappa shape index (κ1) is 12.8. The van der Waals surface area contributed by atoms with Gasteiger partial charge in [0.05, 0.1) is 7.11 Å². The van der Waals surface area contributed by atoms with Crippen molar-refractivity contribution in [1.82, 2.24) is 0 Å². The van der Waals surface area contributed by atoms with Gasteiger partial charge >= 0.3 is 0 Å². The quantitative estimate of drug-likeness (QED) is 0.739. The minimum Gasteiger partial charge on any atom is -0.497 e. The average molecular weight is 305 g/mol. The van der Waals surface area contributed by atoms with Crippen molar-refractivity contribution in [3.8, 4) is 5.75 Å². The number of hydrogen-bond donors (Lipinski definition) is 0. The molecular formula is C13H15BrF2O. The highest BCUT2D eigenvalue weighted by molar-refractivity contribution is 9.09. The van der Waals surface area contributed by atoms with E-state index in [0.717, 1.165) is 6.42 Å². The zero-order valence-electron chi connectivity index (χ0n) is 9.68. The number of alkyl halides is 1. The predicted octanol–water partition coefficient (Wildman–Crippen LogP) is 4.60. The fourth-order valence-corrected chi connectivity index (χ4v) is 3.08. The Labute approximate surface area is 108 Å². The van der Waals surface area contributed by atoms with E-state index < -0.39 is 11.6 Å². The van der Waals surface area contributed by atoms with Crippen LogP contribution in [0.2, 0.25) is 0 Å². The summed E-state index contributed by atoms with van der Waals surface area (Å²) in [5.41, 5.74) is 0.123. The molecule has 1 nitrogen and oxygen atoms in total. The molecule has 0 bridgehead atoms. The van der Waals surface area contributed by atoms with Gasteiger partial charge in [-0.15, -0.1) is 0 Å². The molecule has 1 unspecified atom stereocenters. The van der Waals surface area contributed by atoms with Crippen LogP contribution in [0.25, 0.3) is 0 Å². The maximum absolute atomic E-state index is 13.8. The molecule has 1 aromatic carbocycles. The molecule has 0 spiro atoms. The van der Waals surface area contributed by atoms with E-state index in [0.29, 0.717) is 5.92 Å². The summed E-state index contributed by atoms with van der Waals surface area (Å²) in [4.78, 5) is -0.251. The molecule has 0 aromatic heterocycles. The Balaban J connectivity index is 2.18. The molecule has 1 aromatic rings. The second kappa shape index (κ2) is 5.34. The summed E-state index contributed by atoms with van der Waals surface area (Å²) in [6, 6.07) is 2.46. The fraction of sp³-hybridized carbons (Fsp3) is 0.538. The first-order chi connectivity index (χ1) is 8.11. The van der Waals surface area contributed by atoms with Crippen LogP contribution >= 0.6 is 15.9 Å². The van der Waals surface area contributed by atoms with Crippen LogP contribution in [0.5, 0.6) is 5.75 Å². The van der Waals surface area contributed by atoms with Crippen LogP contribution in [0.3, 0.4) is 0 Å². The molecule has 1 aliphatic carbocycles. The number of ether oxygens (including phenoxy) is 1. The number of halogens is 3. The zero-order valence-corrected chi connectivity index (χ0v) is 11.3. The predicted molar refractivity (Wildman–Crippen MR) is 66.5 cm³/mol. The van der Waals surface area contributed by atoms with Crippen molar-refractivity contribution in [3.05, 3.63) is 29.3 Å². The average Bonchev–Trinajstić information content (AvgIpc) is 2.22. The van der Waals surface area contributed by atoms with E-state index in [1.54, 1.807) is 0 Å². The van der Waals surface area contributed by atoms with E-state index in [9.17, 15) is 8.78 Å². The maximum atomic E-state index is 13.8. The Morgan fingerprint density at radius 2 is 1.94 bits per heavy atom. The summed E-state index contributed by atoms with van der Waals surface area (Å²) >= 11 is 3.39. The fourth-order valence-electron chi connectivity index (χ4n) is 2.12. The SMILES string of the molecule is COc1cc(F)c(C(Br)CC2CCC2)c(F)c1. The summed E-state index contributed by atoms with van der Waals surface area (Å²) in [6.07, 6.45) is 4.36. The third kappa shape index (κ3) is 2.79. The largest absolute Gasteiger partial charge is 0.497 e. The van der Waals surface area contributed by atoms with E-state index in [2.05, 4.69) is 15.9 Å².